The SMILES string of the molecule is CCCCCCCOc1ccc(-c2nc(CCCC)no2)cc1. The van der Waals surface area contributed by atoms with E-state index in [4.69, 9.17) is 9.26 Å². The molecule has 4 heteroatoms. The van der Waals surface area contributed by atoms with Gasteiger partial charge in [-0.1, -0.05) is 51.1 Å². The second kappa shape index (κ2) is 10.0. The van der Waals surface area contributed by atoms with Crippen LogP contribution in [0, 0.1) is 0 Å². The van der Waals surface area contributed by atoms with Gasteiger partial charge >= 0.3 is 0 Å². The van der Waals surface area contributed by atoms with Crippen LogP contribution in [0.15, 0.2) is 28.8 Å². The van der Waals surface area contributed by atoms with Gasteiger partial charge in [0, 0.05) is 12.0 Å². The van der Waals surface area contributed by atoms with Gasteiger partial charge in [0.25, 0.3) is 5.89 Å². The van der Waals surface area contributed by atoms with Crippen LogP contribution in [0.4, 0.5) is 0 Å². The Morgan fingerprint density at radius 3 is 2.39 bits per heavy atom. The first-order valence-electron chi connectivity index (χ1n) is 8.89. The lowest BCUT2D eigenvalue weighted by atomic mass is 10.2. The van der Waals surface area contributed by atoms with E-state index in [9.17, 15) is 0 Å². The number of hydrogen-bond donors (Lipinski definition) is 0. The molecule has 0 radical (unpaired) electrons. The summed E-state index contributed by atoms with van der Waals surface area (Å²) < 4.78 is 11.1. The maximum absolute atomic E-state index is 5.77. The van der Waals surface area contributed by atoms with Gasteiger partial charge in [0.05, 0.1) is 6.61 Å². The Morgan fingerprint density at radius 2 is 1.65 bits per heavy atom. The largest absolute Gasteiger partial charge is 0.494 e. The molecule has 0 N–H and O–H groups in total. The van der Waals surface area contributed by atoms with Crippen LogP contribution in [-0.2, 0) is 6.42 Å². The maximum atomic E-state index is 5.77. The maximum Gasteiger partial charge on any atom is 0.257 e. The van der Waals surface area contributed by atoms with Crippen LogP contribution in [-0.4, -0.2) is 16.7 Å². The van der Waals surface area contributed by atoms with Gasteiger partial charge < -0.3 is 9.26 Å². The fraction of sp³-hybridized carbons (Fsp3) is 0.579. The fourth-order valence-corrected chi connectivity index (χ4v) is 2.40. The van der Waals surface area contributed by atoms with Crippen LogP contribution in [0.25, 0.3) is 11.5 Å². The van der Waals surface area contributed by atoms with Crippen molar-refractivity contribution in [2.24, 2.45) is 0 Å². The van der Waals surface area contributed by atoms with E-state index in [2.05, 4.69) is 24.0 Å². The number of rotatable bonds is 11. The average Bonchev–Trinajstić information content (AvgIpc) is 3.05. The van der Waals surface area contributed by atoms with E-state index in [1.165, 1.54) is 25.7 Å². The predicted molar refractivity (Wildman–Crippen MR) is 92.6 cm³/mol. The molecule has 0 atom stereocenters. The zero-order valence-corrected chi connectivity index (χ0v) is 14.4. The highest BCUT2D eigenvalue weighted by Gasteiger charge is 2.08. The van der Waals surface area contributed by atoms with Crippen LogP contribution in [0.1, 0.15) is 64.6 Å². The monoisotopic (exact) mass is 316 g/mol. The molecule has 2 aromatic rings. The molecule has 4 nitrogen and oxygen atoms in total. The molecule has 0 spiro atoms. The third-order valence-corrected chi connectivity index (χ3v) is 3.84. The Balaban J connectivity index is 1.78. The van der Waals surface area contributed by atoms with E-state index in [0.717, 1.165) is 49.4 Å². The molecule has 0 unspecified atom stereocenters. The van der Waals surface area contributed by atoms with Crippen molar-refractivity contribution in [2.75, 3.05) is 6.61 Å². The minimum absolute atomic E-state index is 0.585. The summed E-state index contributed by atoms with van der Waals surface area (Å²) in [5.74, 6) is 2.27. The molecule has 126 valence electrons. The van der Waals surface area contributed by atoms with Gasteiger partial charge in [-0.15, -0.1) is 0 Å². The summed E-state index contributed by atoms with van der Waals surface area (Å²) in [7, 11) is 0. The van der Waals surface area contributed by atoms with E-state index < -0.39 is 0 Å². The zero-order chi connectivity index (χ0) is 16.3. The number of ether oxygens (including phenoxy) is 1. The molecule has 2 rings (SSSR count). The van der Waals surface area contributed by atoms with E-state index in [0.29, 0.717) is 5.89 Å². The van der Waals surface area contributed by atoms with Crippen LogP contribution < -0.4 is 4.74 Å². The van der Waals surface area contributed by atoms with Crippen molar-refractivity contribution in [3.63, 3.8) is 0 Å². The molecule has 0 fully saturated rings. The molecule has 1 aromatic heterocycles. The molecule has 0 bridgehead atoms. The van der Waals surface area contributed by atoms with Gasteiger partial charge in [-0.25, -0.2) is 0 Å². The Morgan fingerprint density at radius 1 is 0.913 bits per heavy atom. The van der Waals surface area contributed by atoms with Crippen LogP contribution in [0.2, 0.25) is 0 Å². The lowest BCUT2D eigenvalue weighted by molar-refractivity contribution is 0.304. The summed E-state index contributed by atoms with van der Waals surface area (Å²) >= 11 is 0. The highest BCUT2D eigenvalue weighted by atomic mass is 16.5. The number of nitrogens with zero attached hydrogens (tertiary/aromatic N) is 2. The zero-order valence-electron chi connectivity index (χ0n) is 14.4. The van der Waals surface area contributed by atoms with Crippen molar-refractivity contribution < 1.29 is 9.26 Å². The quantitative estimate of drug-likeness (QED) is 0.519. The minimum atomic E-state index is 0.585. The molecule has 0 saturated heterocycles. The minimum Gasteiger partial charge on any atom is -0.494 e. The summed E-state index contributed by atoms with van der Waals surface area (Å²) in [5, 5.41) is 4.02. The summed E-state index contributed by atoms with van der Waals surface area (Å²) in [6, 6.07) is 7.89. The van der Waals surface area contributed by atoms with Gasteiger partial charge in [0.1, 0.15) is 5.75 Å². The third-order valence-electron chi connectivity index (χ3n) is 3.84. The topological polar surface area (TPSA) is 48.2 Å². The fourth-order valence-electron chi connectivity index (χ4n) is 2.40. The first-order valence-corrected chi connectivity index (χ1v) is 8.89. The first kappa shape index (κ1) is 17.5. The van der Waals surface area contributed by atoms with E-state index in [1.807, 2.05) is 24.3 Å². The molecule has 23 heavy (non-hydrogen) atoms. The molecule has 0 aliphatic heterocycles. The normalized spacial score (nSPS) is 10.9. The van der Waals surface area contributed by atoms with Crippen molar-refractivity contribution in [1.29, 1.82) is 0 Å². The Labute approximate surface area is 139 Å². The second-order valence-corrected chi connectivity index (χ2v) is 5.91. The van der Waals surface area contributed by atoms with Gasteiger partial charge in [0.15, 0.2) is 5.82 Å². The number of aromatic nitrogens is 2. The summed E-state index contributed by atoms with van der Waals surface area (Å²) in [4.78, 5) is 4.43. The van der Waals surface area contributed by atoms with Crippen molar-refractivity contribution in [3.8, 4) is 17.2 Å². The number of benzene rings is 1. The van der Waals surface area contributed by atoms with Gasteiger partial charge in [-0.05, 0) is 37.1 Å². The van der Waals surface area contributed by atoms with Gasteiger partial charge in [-0.2, -0.15) is 4.98 Å². The molecular weight excluding hydrogens is 288 g/mol. The molecule has 0 aliphatic rings. The van der Waals surface area contributed by atoms with Crippen LogP contribution in [0.5, 0.6) is 5.75 Å². The molecular formula is C19H28N2O2. The van der Waals surface area contributed by atoms with Crippen molar-refractivity contribution >= 4 is 0 Å². The smallest absolute Gasteiger partial charge is 0.257 e. The first-order chi connectivity index (χ1) is 11.3. The highest BCUT2D eigenvalue weighted by Crippen LogP contribution is 2.21. The van der Waals surface area contributed by atoms with Crippen LogP contribution in [0.3, 0.4) is 0 Å². The van der Waals surface area contributed by atoms with Gasteiger partial charge in [-0.3, -0.25) is 0 Å². The number of hydrogen-bond acceptors (Lipinski definition) is 4. The summed E-state index contributed by atoms with van der Waals surface area (Å²) in [5.41, 5.74) is 0.940. The highest BCUT2D eigenvalue weighted by molar-refractivity contribution is 5.54. The number of aryl methyl sites for hydroxylation is 1. The second-order valence-electron chi connectivity index (χ2n) is 5.91. The van der Waals surface area contributed by atoms with Gasteiger partial charge in [0.2, 0.25) is 0 Å². The Hall–Kier alpha value is -1.84. The van der Waals surface area contributed by atoms with Crippen molar-refractivity contribution in [1.82, 2.24) is 10.1 Å². The lowest BCUT2D eigenvalue weighted by Gasteiger charge is -2.06. The van der Waals surface area contributed by atoms with Crippen molar-refractivity contribution in [2.45, 2.75) is 65.2 Å². The predicted octanol–water partition coefficient (Wildman–Crippen LogP) is 5.43. The molecule has 1 aromatic carbocycles. The Bertz CT molecular complexity index is 549. The summed E-state index contributed by atoms with van der Waals surface area (Å²) in [6.45, 7) is 5.17. The average molecular weight is 316 g/mol. The molecule has 0 aliphatic carbocycles. The lowest BCUT2D eigenvalue weighted by Crippen LogP contribution is -1.97. The molecule has 0 amide bonds. The standard InChI is InChI=1S/C19H28N2O2/c1-3-5-7-8-9-15-22-17-13-11-16(12-14-17)19-20-18(21-23-19)10-6-4-2/h11-14H,3-10,15H2,1-2H3. The van der Waals surface area contributed by atoms with Crippen molar-refractivity contribution in [3.05, 3.63) is 30.1 Å². The van der Waals surface area contributed by atoms with E-state index in [-0.39, 0.29) is 0 Å². The molecule has 0 saturated carbocycles. The van der Waals surface area contributed by atoms with E-state index >= 15 is 0 Å². The molecule has 1 heterocycles. The van der Waals surface area contributed by atoms with Crippen LogP contribution >= 0.6 is 0 Å². The number of unbranched alkanes of at least 4 members (excludes halogenated alkanes) is 5. The van der Waals surface area contributed by atoms with E-state index in [1.54, 1.807) is 0 Å². The third kappa shape index (κ3) is 6.05. The summed E-state index contributed by atoms with van der Waals surface area (Å²) in [6.07, 6.45) is 9.35. The Kier molecular flexibility index (Phi) is 7.64.